The van der Waals surface area contributed by atoms with Crippen molar-refractivity contribution in [2.24, 2.45) is 0 Å². The van der Waals surface area contributed by atoms with E-state index >= 15 is 0 Å². The van der Waals surface area contributed by atoms with Crippen LogP contribution in [0.3, 0.4) is 0 Å². The molecule has 0 saturated carbocycles. The van der Waals surface area contributed by atoms with E-state index in [1.165, 1.54) is 0 Å². The standard InChI is InChI=1S/C14H18N4/c1-3-18(4-2)14-9-8-13(16-17-14)11-6-5-7-12(15)10-11/h5-10H,3-4,15H2,1-2H3. The summed E-state index contributed by atoms with van der Waals surface area (Å²) in [6.45, 7) is 6.08. The SMILES string of the molecule is CCN(CC)c1ccc(-c2cccc(N)c2)nn1. The maximum absolute atomic E-state index is 5.76. The number of anilines is 2. The minimum atomic E-state index is 0.738. The third kappa shape index (κ3) is 2.59. The molecule has 0 spiro atoms. The van der Waals surface area contributed by atoms with Gasteiger partial charge in [0, 0.05) is 24.3 Å². The van der Waals surface area contributed by atoms with Gasteiger partial charge in [-0.3, -0.25) is 0 Å². The zero-order valence-corrected chi connectivity index (χ0v) is 10.8. The van der Waals surface area contributed by atoms with E-state index in [1.54, 1.807) is 0 Å². The Bertz CT molecular complexity index is 503. The van der Waals surface area contributed by atoms with Gasteiger partial charge in [0.2, 0.25) is 0 Å². The normalized spacial score (nSPS) is 10.3. The molecular formula is C14H18N4. The monoisotopic (exact) mass is 242 g/mol. The fraction of sp³-hybridized carbons (Fsp3) is 0.286. The second-order valence-electron chi connectivity index (χ2n) is 4.07. The van der Waals surface area contributed by atoms with Gasteiger partial charge in [0.05, 0.1) is 5.69 Å². The molecule has 4 heteroatoms. The van der Waals surface area contributed by atoms with Crippen molar-refractivity contribution in [1.82, 2.24) is 10.2 Å². The Kier molecular flexibility index (Phi) is 3.77. The summed E-state index contributed by atoms with van der Waals surface area (Å²) in [6.07, 6.45) is 0. The smallest absolute Gasteiger partial charge is 0.151 e. The average Bonchev–Trinajstić information content (AvgIpc) is 2.41. The van der Waals surface area contributed by atoms with Crippen molar-refractivity contribution in [3.8, 4) is 11.3 Å². The van der Waals surface area contributed by atoms with E-state index in [0.717, 1.165) is 35.9 Å². The summed E-state index contributed by atoms with van der Waals surface area (Å²) >= 11 is 0. The molecule has 4 nitrogen and oxygen atoms in total. The van der Waals surface area contributed by atoms with Gasteiger partial charge in [0.25, 0.3) is 0 Å². The fourth-order valence-corrected chi connectivity index (χ4v) is 1.89. The first-order chi connectivity index (χ1) is 8.74. The molecule has 94 valence electrons. The van der Waals surface area contributed by atoms with E-state index in [9.17, 15) is 0 Å². The Morgan fingerprint density at radius 2 is 1.83 bits per heavy atom. The van der Waals surface area contributed by atoms with Crippen LogP contribution in [0.1, 0.15) is 13.8 Å². The number of benzene rings is 1. The summed E-state index contributed by atoms with van der Waals surface area (Å²) in [5.74, 6) is 0.910. The molecule has 0 atom stereocenters. The number of nitrogens with two attached hydrogens (primary N) is 1. The van der Waals surface area contributed by atoms with Gasteiger partial charge in [-0.15, -0.1) is 10.2 Å². The molecule has 0 aliphatic carbocycles. The fourth-order valence-electron chi connectivity index (χ4n) is 1.89. The van der Waals surface area contributed by atoms with Crippen molar-refractivity contribution in [1.29, 1.82) is 0 Å². The number of rotatable bonds is 4. The zero-order valence-electron chi connectivity index (χ0n) is 10.8. The van der Waals surface area contributed by atoms with Crippen molar-refractivity contribution >= 4 is 11.5 Å². The van der Waals surface area contributed by atoms with Crippen LogP contribution < -0.4 is 10.6 Å². The molecule has 0 radical (unpaired) electrons. The van der Waals surface area contributed by atoms with Crippen molar-refractivity contribution in [2.45, 2.75) is 13.8 Å². The molecule has 0 bridgehead atoms. The van der Waals surface area contributed by atoms with Gasteiger partial charge in [-0.1, -0.05) is 12.1 Å². The quantitative estimate of drug-likeness (QED) is 0.837. The van der Waals surface area contributed by atoms with Gasteiger partial charge >= 0.3 is 0 Å². The molecule has 0 aliphatic rings. The van der Waals surface area contributed by atoms with E-state index in [-0.39, 0.29) is 0 Å². The summed E-state index contributed by atoms with van der Waals surface area (Å²) in [5, 5.41) is 8.52. The molecule has 2 N–H and O–H groups in total. The number of hydrogen-bond donors (Lipinski definition) is 1. The van der Waals surface area contributed by atoms with E-state index in [0.29, 0.717) is 0 Å². The third-order valence-corrected chi connectivity index (χ3v) is 2.92. The first-order valence-electron chi connectivity index (χ1n) is 6.19. The van der Waals surface area contributed by atoms with Crippen LogP contribution in [-0.2, 0) is 0 Å². The Morgan fingerprint density at radius 3 is 2.39 bits per heavy atom. The van der Waals surface area contributed by atoms with Gasteiger partial charge in [-0.05, 0) is 38.1 Å². The first-order valence-corrected chi connectivity index (χ1v) is 6.19. The van der Waals surface area contributed by atoms with Crippen molar-refractivity contribution < 1.29 is 0 Å². The molecule has 0 unspecified atom stereocenters. The van der Waals surface area contributed by atoms with Crippen LogP contribution in [0.15, 0.2) is 36.4 Å². The largest absolute Gasteiger partial charge is 0.399 e. The van der Waals surface area contributed by atoms with Crippen LogP contribution in [0, 0.1) is 0 Å². The Hall–Kier alpha value is -2.10. The number of nitrogens with zero attached hydrogens (tertiary/aromatic N) is 3. The van der Waals surface area contributed by atoms with Crippen LogP contribution in [0.25, 0.3) is 11.3 Å². The van der Waals surface area contributed by atoms with E-state index < -0.39 is 0 Å². The minimum Gasteiger partial charge on any atom is -0.399 e. The topological polar surface area (TPSA) is 55.0 Å². The molecule has 0 saturated heterocycles. The molecule has 1 aromatic heterocycles. The first kappa shape index (κ1) is 12.4. The van der Waals surface area contributed by atoms with E-state index in [4.69, 9.17) is 5.73 Å². The zero-order chi connectivity index (χ0) is 13.0. The highest BCUT2D eigenvalue weighted by Crippen LogP contribution is 2.20. The lowest BCUT2D eigenvalue weighted by Crippen LogP contribution is -2.23. The molecule has 0 amide bonds. The Labute approximate surface area is 107 Å². The molecule has 1 aromatic carbocycles. The Morgan fingerprint density at radius 1 is 1.06 bits per heavy atom. The second kappa shape index (κ2) is 5.49. The minimum absolute atomic E-state index is 0.738. The third-order valence-electron chi connectivity index (χ3n) is 2.92. The number of aromatic nitrogens is 2. The summed E-state index contributed by atoms with van der Waals surface area (Å²) in [4.78, 5) is 2.16. The highest BCUT2D eigenvalue weighted by atomic mass is 15.3. The molecule has 0 aliphatic heterocycles. The van der Waals surface area contributed by atoms with Crippen LogP contribution in [0.2, 0.25) is 0 Å². The van der Waals surface area contributed by atoms with Crippen LogP contribution >= 0.6 is 0 Å². The average molecular weight is 242 g/mol. The van der Waals surface area contributed by atoms with Gasteiger partial charge in [0.1, 0.15) is 0 Å². The molecule has 2 aromatic rings. The summed E-state index contributed by atoms with van der Waals surface area (Å²) in [5.41, 5.74) is 8.34. The van der Waals surface area contributed by atoms with Gasteiger partial charge in [-0.25, -0.2) is 0 Å². The lowest BCUT2D eigenvalue weighted by molar-refractivity contribution is 0.826. The molecule has 2 rings (SSSR count). The second-order valence-corrected chi connectivity index (χ2v) is 4.07. The molecule has 0 fully saturated rings. The predicted molar refractivity (Wildman–Crippen MR) is 75.4 cm³/mol. The maximum Gasteiger partial charge on any atom is 0.151 e. The van der Waals surface area contributed by atoms with Crippen molar-refractivity contribution in [3.63, 3.8) is 0 Å². The van der Waals surface area contributed by atoms with Gasteiger partial charge in [0.15, 0.2) is 5.82 Å². The summed E-state index contributed by atoms with van der Waals surface area (Å²) < 4.78 is 0. The van der Waals surface area contributed by atoms with Crippen molar-refractivity contribution in [3.05, 3.63) is 36.4 Å². The van der Waals surface area contributed by atoms with Crippen molar-refractivity contribution in [2.75, 3.05) is 23.7 Å². The van der Waals surface area contributed by atoms with Gasteiger partial charge < -0.3 is 10.6 Å². The van der Waals surface area contributed by atoms with E-state index in [1.807, 2.05) is 36.4 Å². The van der Waals surface area contributed by atoms with E-state index in [2.05, 4.69) is 28.9 Å². The Balaban J connectivity index is 2.27. The number of hydrogen-bond acceptors (Lipinski definition) is 4. The lowest BCUT2D eigenvalue weighted by Gasteiger charge is -2.18. The summed E-state index contributed by atoms with van der Waals surface area (Å²) in [7, 11) is 0. The predicted octanol–water partition coefficient (Wildman–Crippen LogP) is 2.57. The molecular weight excluding hydrogens is 224 g/mol. The highest BCUT2D eigenvalue weighted by molar-refractivity contribution is 5.64. The van der Waals surface area contributed by atoms with Crippen LogP contribution in [-0.4, -0.2) is 23.3 Å². The number of nitrogen functional groups attached to an aromatic ring is 1. The maximum atomic E-state index is 5.76. The van der Waals surface area contributed by atoms with Crippen LogP contribution in [0.4, 0.5) is 11.5 Å². The highest BCUT2D eigenvalue weighted by Gasteiger charge is 2.05. The molecule has 1 heterocycles. The summed E-state index contributed by atoms with van der Waals surface area (Å²) in [6, 6.07) is 11.7. The lowest BCUT2D eigenvalue weighted by atomic mass is 10.1. The van der Waals surface area contributed by atoms with Gasteiger partial charge in [-0.2, -0.15) is 0 Å². The molecule has 18 heavy (non-hydrogen) atoms. The van der Waals surface area contributed by atoms with Crippen LogP contribution in [0.5, 0.6) is 0 Å².